The normalized spacial score (nSPS) is 18.2. The summed E-state index contributed by atoms with van der Waals surface area (Å²) in [6, 6.07) is 4.27. The third kappa shape index (κ3) is 8.55. The Morgan fingerprint density at radius 1 is 1.21 bits per heavy atom. The van der Waals surface area contributed by atoms with E-state index in [2.05, 4.69) is 10.1 Å². The largest absolute Gasteiger partial charge is 0.489 e. The molecule has 0 unspecified atom stereocenters. The summed E-state index contributed by atoms with van der Waals surface area (Å²) in [5, 5.41) is 23.8. The minimum absolute atomic E-state index is 0.0306. The number of hydrogen-bond donors (Lipinski definition) is 6. The van der Waals surface area contributed by atoms with Crippen LogP contribution in [0.25, 0.3) is 0 Å². The minimum atomic E-state index is -4.79. The van der Waals surface area contributed by atoms with Crippen molar-refractivity contribution in [3.8, 4) is 5.75 Å². The van der Waals surface area contributed by atoms with Gasteiger partial charge in [0.25, 0.3) is 6.10 Å². The van der Waals surface area contributed by atoms with E-state index in [0.717, 1.165) is 35.3 Å². The highest BCUT2D eigenvalue weighted by Gasteiger charge is 2.51. The lowest BCUT2D eigenvalue weighted by atomic mass is 9.86. The molecule has 1 amide bonds. The van der Waals surface area contributed by atoms with Crippen LogP contribution in [0.15, 0.2) is 28.7 Å². The van der Waals surface area contributed by atoms with E-state index < -0.39 is 64.8 Å². The Balaban J connectivity index is 1.42. The standard InChI is InChI=1S/C28H39N9O9S2/c1-16-20(25(39)37(16)48(42,43)44)11-22(38)24(21-15-47-27(31)33-21)34-46-23(26(40)41)14-45-19-5-4-17-12-36(13-18(17)10-19)28(32)35(8-2-6-29)9-3-7-30/h4-5,10,15-16,20,23,32H,2-3,6-9,11-14,29-30H2,1H3,(H2,31,33)(H,40,41)(H,42,43,44)/b32-28?,34-24-/t16-,20-,23-/m0/s1. The summed E-state index contributed by atoms with van der Waals surface area (Å²) in [4.78, 5) is 50.7. The number of ketones is 1. The Kier molecular flexibility index (Phi) is 11.9. The molecule has 1 fully saturated rings. The smallest absolute Gasteiger partial charge is 0.362 e. The molecule has 1 saturated heterocycles. The number of ether oxygens (including phenoxy) is 1. The fourth-order valence-electron chi connectivity index (χ4n) is 5.30. The number of carboxylic acid groups (broad SMARTS) is 1. The van der Waals surface area contributed by atoms with E-state index in [1.165, 1.54) is 12.3 Å². The summed E-state index contributed by atoms with van der Waals surface area (Å²) in [6.07, 6.45) is -0.697. The van der Waals surface area contributed by atoms with E-state index in [4.69, 9.17) is 32.2 Å². The van der Waals surface area contributed by atoms with Crippen molar-refractivity contribution in [1.82, 2.24) is 19.1 Å². The molecule has 2 aromatic rings. The Morgan fingerprint density at radius 3 is 2.44 bits per heavy atom. The molecule has 0 saturated carbocycles. The molecule has 0 spiro atoms. The number of nitrogens with one attached hydrogen (secondary N) is 1. The van der Waals surface area contributed by atoms with E-state index in [1.807, 2.05) is 15.9 Å². The third-order valence-electron chi connectivity index (χ3n) is 7.88. The Bertz CT molecular complexity index is 1660. The maximum absolute atomic E-state index is 13.2. The van der Waals surface area contributed by atoms with Gasteiger partial charge in [-0.1, -0.05) is 11.2 Å². The van der Waals surface area contributed by atoms with E-state index in [0.29, 0.717) is 51.0 Å². The highest BCUT2D eigenvalue weighted by molar-refractivity contribution is 7.84. The summed E-state index contributed by atoms with van der Waals surface area (Å²) in [5.41, 5.74) is 18.5. The van der Waals surface area contributed by atoms with E-state index in [-0.39, 0.29) is 15.1 Å². The van der Waals surface area contributed by atoms with Crippen LogP contribution in [0, 0.1) is 11.3 Å². The number of amides is 1. The lowest BCUT2D eigenvalue weighted by molar-refractivity contribution is -0.152. The summed E-state index contributed by atoms with van der Waals surface area (Å²) in [6.45, 7) is 4.12. The first-order valence-electron chi connectivity index (χ1n) is 15.0. The molecule has 2 aliphatic heterocycles. The Labute approximate surface area is 280 Å². The average molecular weight is 710 g/mol. The number of nitrogen functional groups attached to an aromatic ring is 1. The molecule has 20 heteroatoms. The molecule has 18 nitrogen and oxygen atoms in total. The molecular formula is C28H39N9O9S2. The highest BCUT2D eigenvalue weighted by atomic mass is 32.2. The number of carboxylic acids is 1. The number of oxime groups is 1. The van der Waals surface area contributed by atoms with Gasteiger partial charge in [0.2, 0.25) is 5.91 Å². The number of benzene rings is 1. The molecule has 0 radical (unpaired) electrons. The zero-order valence-corrected chi connectivity index (χ0v) is 27.8. The zero-order chi connectivity index (χ0) is 35.2. The first kappa shape index (κ1) is 36.5. The zero-order valence-electron chi connectivity index (χ0n) is 26.1. The van der Waals surface area contributed by atoms with Gasteiger partial charge in [0, 0.05) is 38.0 Å². The Hall–Kier alpha value is -4.37. The number of rotatable bonds is 17. The molecule has 4 rings (SSSR count). The molecule has 1 aromatic heterocycles. The quantitative estimate of drug-likeness (QED) is 0.0409. The lowest BCUT2D eigenvalue weighted by Crippen LogP contribution is -2.62. The molecular weight excluding hydrogens is 670 g/mol. The van der Waals surface area contributed by atoms with Crippen LogP contribution in [0.1, 0.15) is 43.0 Å². The minimum Gasteiger partial charge on any atom is -0.489 e. The number of nitrogens with zero attached hydrogens (tertiary/aromatic N) is 5. The second kappa shape index (κ2) is 15.7. The molecule has 2 aliphatic rings. The van der Waals surface area contributed by atoms with E-state index in [9.17, 15) is 32.5 Å². The predicted octanol–water partition coefficient (Wildman–Crippen LogP) is -0.163. The van der Waals surface area contributed by atoms with Crippen LogP contribution in [0.3, 0.4) is 0 Å². The van der Waals surface area contributed by atoms with Gasteiger partial charge in [-0.25, -0.2) is 14.1 Å². The predicted molar refractivity (Wildman–Crippen MR) is 174 cm³/mol. The Morgan fingerprint density at radius 2 is 1.88 bits per heavy atom. The number of guanidine groups is 1. The maximum atomic E-state index is 13.2. The van der Waals surface area contributed by atoms with Crippen LogP contribution in [0.4, 0.5) is 5.13 Å². The van der Waals surface area contributed by atoms with Crippen LogP contribution in [0.5, 0.6) is 5.75 Å². The second-order valence-corrected chi connectivity index (χ2v) is 13.4. The van der Waals surface area contributed by atoms with Crippen molar-refractivity contribution in [3.05, 3.63) is 40.4 Å². The molecule has 262 valence electrons. The number of anilines is 1. The van der Waals surface area contributed by atoms with Crippen LogP contribution < -0.4 is 21.9 Å². The van der Waals surface area contributed by atoms with Gasteiger partial charge in [-0.05, 0) is 56.1 Å². The third-order valence-corrected chi connectivity index (χ3v) is 9.56. The van der Waals surface area contributed by atoms with Crippen LogP contribution in [0.2, 0.25) is 0 Å². The van der Waals surface area contributed by atoms with Gasteiger partial charge in [0.15, 0.2) is 22.6 Å². The number of thiazole rings is 1. The molecule has 1 aromatic carbocycles. The van der Waals surface area contributed by atoms with Gasteiger partial charge >= 0.3 is 16.3 Å². The first-order valence-corrected chi connectivity index (χ1v) is 17.3. The van der Waals surface area contributed by atoms with Crippen LogP contribution >= 0.6 is 11.3 Å². The number of hydrogen-bond acceptors (Lipinski definition) is 14. The molecule has 9 N–H and O–H groups in total. The van der Waals surface area contributed by atoms with Gasteiger partial charge < -0.3 is 41.7 Å². The van der Waals surface area contributed by atoms with Crippen LogP contribution in [-0.4, -0.2) is 111 Å². The number of fused-ring (bicyclic) bond motifs is 1. The SMILES string of the molecule is C[C@H]1[C@H](CC(=O)/C(=N\O[C@@H](COc2ccc3c(c2)CN(C(=N)N(CCCN)CCCN)C3)C(=O)O)c2csc(N)n2)C(=O)N1S(=O)(=O)O. The highest BCUT2D eigenvalue weighted by Crippen LogP contribution is 2.32. The number of Topliss-reactive ketones (excluding diaryl/α,β-unsaturated/α-hetero) is 1. The van der Waals surface area contributed by atoms with Gasteiger partial charge in [-0.2, -0.15) is 8.42 Å². The summed E-state index contributed by atoms with van der Waals surface area (Å²) < 4.78 is 38.1. The molecule has 0 bridgehead atoms. The summed E-state index contributed by atoms with van der Waals surface area (Å²) in [5.74, 6) is -3.56. The number of nitrogens with two attached hydrogens (primary N) is 3. The van der Waals surface area contributed by atoms with Crippen molar-refractivity contribution in [2.24, 2.45) is 22.5 Å². The maximum Gasteiger partial charge on any atom is 0.362 e. The number of aromatic nitrogens is 1. The lowest BCUT2D eigenvalue weighted by Gasteiger charge is -2.41. The van der Waals surface area contributed by atoms with E-state index >= 15 is 0 Å². The number of carbonyl (C=O) groups excluding carboxylic acids is 2. The van der Waals surface area contributed by atoms with Gasteiger partial charge in [0.05, 0.1) is 12.0 Å². The second-order valence-electron chi connectivity index (χ2n) is 11.2. The van der Waals surface area contributed by atoms with Gasteiger partial charge in [-0.15, -0.1) is 11.3 Å². The number of β-lactam (4-membered cyclic amide) rings is 1. The molecule has 48 heavy (non-hydrogen) atoms. The van der Waals surface area contributed by atoms with Crippen LogP contribution in [-0.2, 0) is 42.6 Å². The van der Waals surface area contributed by atoms with Gasteiger partial charge in [-0.3, -0.25) is 19.6 Å². The summed E-state index contributed by atoms with van der Waals surface area (Å²) >= 11 is 0.981. The fourth-order valence-corrected chi connectivity index (χ4v) is 6.78. The average Bonchev–Trinajstić information content (AvgIpc) is 3.66. The summed E-state index contributed by atoms with van der Waals surface area (Å²) in [7, 11) is -4.79. The van der Waals surface area contributed by atoms with Crippen molar-refractivity contribution in [2.75, 3.05) is 38.5 Å². The van der Waals surface area contributed by atoms with Crippen molar-refractivity contribution in [2.45, 2.75) is 51.4 Å². The molecule has 3 heterocycles. The number of carbonyl (C=O) groups is 3. The molecule has 3 atom stereocenters. The van der Waals surface area contributed by atoms with E-state index in [1.54, 1.807) is 12.1 Å². The number of aliphatic carboxylic acids is 1. The topological polar surface area (TPSA) is 281 Å². The van der Waals surface area contributed by atoms with Crippen molar-refractivity contribution >= 4 is 56.1 Å². The van der Waals surface area contributed by atoms with Crippen molar-refractivity contribution in [1.29, 1.82) is 5.41 Å². The van der Waals surface area contributed by atoms with Crippen molar-refractivity contribution < 1.29 is 42.0 Å². The first-order chi connectivity index (χ1) is 22.7. The van der Waals surface area contributed by atoms with Crippen molar-refractivity contribution in [3.63, 3.8) is 0 Å². The fraction of sp³-hybridized carbons (Fsp3) is 0.500. The monoisotopic (exact) mass is 709 g/mol. The van der Waals surface area contributed by atoms with Gasteiger partial charge in [0.1, 0.15) is 18.1 Å². The molecule has 0 aliphatic carbocycles.